The molecular formula is C21H33N3O4. The molecule has 28 heavy (non-hydrogen) atoms. The third kappa shape index (κ3) is 5.75. The van der Waals surface area contributed by atoms with Gasteiger partial charge in [0, 0.05) is 26.2 Å². The minimum absolute atomic E-state index is 0.0305. The summed E-state index contributed by atoms with van der Waals surface area (Å²) < 4.78 is 22.9. The lowest BCUT2D eigenvalue weighted by molar-refractivity contribution is -0.0817. The number of nitrogens with zero attached hydrogens (tertiary/aromatic N) is 2. The van der Waals surface area contributed by atoms with Crippen LogP contribution in [-0.4, -0.2) is 75.7 Å². The fraction of sp³-hybridized carbons (Fsp3) is 0.667. The lowest BCUT2D eigenvalue weighted by Crippen LogP contribution is -2.53. The van der Waals surface area contributed by atoms with E-state index in [0.29, 0.717) is 13.2 Å². The molecule has 1 N–H and O–H groups in total. The third-order valence-corrected chi connectivity index (χ3v) is 5.00. The topological polar surface area (TPSA) is 64.6 Å². The fourth-order valence-electron chi connectivity index (χ4n) is 3.55. The summed E-state index contributed by atoms with van der Waals surface area (Å²) in [6, 6.07) is 7.62. The lowest BCUT2D eigenvalue weighted by Gasteiger charge is -2.37. The van der Waals surface area contributed by atoms with Crippen molar-refractivity contribution in [2.45, 2.75) is 45.0 Å². The normalized spacial score (nSPS) is 24.1. The second kappa shape index (κ2) is 10.5. The first-order valence-corrected chi connectivity index (χ1v) is 10.3. The van der Waals surface area contributed by atoms with E-state index in [1.54, 1.807) is 7.11 Å². The van der Waals surface area contributed by atoms with Gasteiger partial charge < -0.3 is 29.2 Å². The Hall–Kier alpha value is -1.99. The smallest absolute Gasteiger partial charge is 0.194 e. The van der Waals surface area contributed by atoms with Crippen molar-refractivity contribution in [1.82, 2.24) is 10.2 Å². The maximum atomic E-state index is 5.98. The van der Waals surface area contributed by atoms with Gasteiger partial charge in [0.25, 0.3) is 0 Å². The Morgan fingerprint density at radius 3 is 2.64 bits per heavy atom. The first-order chi connectivity index (χ1) is 13.7. The number of morpholine rings is 1. The summed E-state index contributed by atoms with van der Waals surface area (Å²) in [7, 11) is 1.66. The van der Waals surface area contributed by atoms with Gasteiger partial charge in [-0.2, -0.15) is 0 Å². The van der Waals surface area contributed by atoms with Crippen LogP contribution in [-0.2, 0) is 9.47 Å². The largest absolute Gasteiger partial charge is 0.497 e. The molecule has 156 valence electrons. The SMILES string of the molecule is CCNC(=NCC(C)Oc1ccc(OC)cc1)N1CCOC(C2CCCO2)C1. The summed E-state index contributed by atoms with van der Waals surface area (Å²) in [5.41, 5.74) is 0. The van der Waals surface area contributed by atoms with Crippen molar-refractivity contribution in [1.29, 1.82) is 0 Å². The van der Waals surface area contributed by atoms with Crippen LogP contribution in [0.25, 0.3) is 0 Å². The molecular weight excluding hydrogens is 358 g/mol. The highest BCUT2D eigenvalue weighted by Crippen LogP contribution is 2.21. The quantitative estimate of drug-likeness (QED) is 0.568. The maximum Gasteiger partial charge on any atom is 0.194 e. The first kappa shape index (κ1) is 20.7. The Bertz CT molecular complexity index is 617. The molecule has 2 aliphatic heterocycles. The van der Waals surface area contributed by atoms with Gasteiger partial charge in [0.15, 0.2) is 5.96 Å². The zero-order chi connectivity index (χ0) is 19.8. The van der Waals surface area contributed by atoms with Crippen molar-refractivity contribution in [3.05, 3.63) is 24.3 Å². The molecule has 7 nitrogen and oxygen atoms in total. The lowest BCUT2D eigenvalue weighted by atomic mass is 10.1. The summed E-state index contributed by atoms with van der Waals surface area (Å²) >= 11 is 0. The Morgan fingerprint density at radius 2 is 1.96 bits per heavy atom. The van der Waals surface area contributed by atoms with Gasteiger partial charge in [-0.3, -0.25) is 0 Å². The molecule has 7 heteroatoms. The van der Waals surface area contributed by atoms with Crippen LogP contribution >= 0.6 is 0 Å². The zero-order valence-corrected chi connectivity index (χ0v) is 17.2. The van der Waals surface area contributed by atoms with Crippen LogP contribution in [0.3, 0.4) is 0 Å². The molecule has 0 bridgehead atoms. The van der Waals surface area contributed by atoms with Crippen LogP contribution in [0.4, 0.5) is 0 Å². The molecule has 2 fully saturated rings. The number of nitrogens with one attached hydrogen (secondary N) is 1. The van der Waals surface area contributed by atoms with Gasteiger partial charge in [0.1, 0.15) is 23.7 Å². The van der Waals surface area contributed by atoms with E-state index in [4.69, 9.17) is 23.9 Å². The van der Waals surface area contributed by atoms with Gasteiger partial charge in [-0.15, -0.1) is 0 Å². The van der Waals surface area contributed by atoms with Crippen LogP contribution in [0.15, 0.2) is 29.3 Å². The van der Waals surface area contributed by atoms with Crippen LogP contribution in [0.5, 0.6) is 11.5 Å². The van der Waals surface area contributed by atoms with Crippen molar-refractivity contribution in [3.63, 3.8) is 0 Å². The van der Waals surface area contributed by atoms with Crippen molar-refractivity contribution >= 4 is 5.96 Å². The molecule has 0 radical (unpaired) electrons. The Morgan fingerprint density at radius 1 is 1.21 bits per heavy atom. The number of ether oxygens (including phenoxy) is 4. The van der Waals surface area contributed by atoms with Crippen LogP contribution in [0, 0.1) is 0 Å². The number of benzene rings is 1. The van der Waals surface area contributed by atoms with Crippen LogP contribution in [0.1, 0.15) is 26.7 Å². The number of aliphatic imine (C=N–C) groups is 1. The standard InChI is InChI=1S/C21H33N3O4/c1-4-22-21(24-11-13-27-20(15-24)19-6-5-12-26-19)23-14-16(2)28-18-9-7-17(25-3)8-10-18/h7-10,16,19-20H,4-6,11-15H2,1-3H3,(H,22,23). The van der Waals surface area contributed by atoms with Gasteiger partial charge in [-0.25, -0.2) is 4.99 Å². The van der Waals surface area contributed by atoms with Gasteiger partial charge in [0.05, 0.1) is 26.4 Å². The molecule has 2 heterocycles. The minimum atomic E-state index is -0.0305. The molecule has 1 aromatic rings. The van der Waals surface area contributed by atoms with E-state index in [-0.39, 0.29) is 18.3 Å². The van der Waals surface area contributed by atoms with Gasteiger partial charge in [-0.1, -0.05) is 0 Å². The summed E-state index contributed by atoms with van der Waals surface area (Å²) in [4.78, 5) is 7.09. The molecule has 0 spiro atoms. The number of hydrogen-bond donors (Lipinski definition) is 1. The molecule has 1 aromatic carbocycles. The van der Waals surface area contributed by atoms with E-state index in [2.05, 4.69) is 17.1 Å². The average Bonchev–Trinajstić information content (AvgIpc) is 3.27. The van der Waals surface area contributed by atoms with E-state index < -0.39 is 0 Å². The number of rotatable bonds is 7. The molecule has 3 rings (SSSR count). The summed E-state index contributed by atoms with van der Waals surface area (Å²) in [6.45, 7) is 8.72. The number of hydrogen-bond acceptors (Lipinski definition) is 5. The first-order valence-electron chi connectivity index (χ1n) is 10.3. The van der Waals surface area contributed by atoms with Crippen molar-refractivity contribution < 1.29 is 18.9 Å². The van der Waals surface area contributed by atoms with Gasteiger partial charge in [-0.05, 0) is 51.0 Å². The highest BCUT2D eigenvalue weighted by Gasteiger charge is 2.32. The number of methoxy groups -OCH3 is 1. The molecule has 0 aromatic heterocycles. The molecule has 3 unspecified atom stereocenters. The maximum absolute atomic E-state index is 5.98. The Kier molecular flexibility index (Phi) is 7.80. The summed E-state index contributed by atoms with van der Waals surface area (Å²) in [5, 5.41) is 3.41. The summed E-state index contributed by atoms with van der Waals surface area (Å²) in [5.74, 6) is 2.55. The van der Waals surface area contributed by atoms with Gasteiger partial charge in [0.2, 0.25) is 0 Å². The zero-order valence-electron chi connectivity index (χ0n) is 17.2. The average molecular weight is 392 g/mol. The predicted molar refractivity (Wildman–Crippen MR) is 109 cm³/mol. The molecule has 2 saturated heterocycles. The Balaban J connectivity index is 1.56. The fourth-order valence-corrected chi connectivity index (χ4v) is 3.55. The molecule has 0 saturated carbocycles. The summed E-state index contributed by atoms with van der Waals surface area (Å²) in [6.07, 6.45) is 2.51. The third-order valence-electron chi connectivity index (χ3n) is 5.00. The van der Waals surface area contributed by atoms with Crippen LogP contribution < -0.4 is 14.8 Å². The Labute approximate surface area is 168 Å². The minimum Gasteiger partial charge on any atom is -0.497 e. The van der Waals surface area contributed by atoms with E-state index >= 15 is 0 Å². The second-order valence-electron chi connectivity index (χ2n) is 7.21. The molecule has 3 atom stereocenters. The van der Waals surface area contributed by atoms with Crippen LogP contribution in [0.2, 0.25) is 0 Å². The van der Waals surface area contributed by atoms with E-state index in [1.807, 2.05) is 31.2 Å². The van der Waals surface area contributed by atoms with E-state index in [9.17, 15) is 0 Å². The second-order valence-corrected chi connectivity index (χ2v) is 7.21. The molecule has 0 aliphatic carbocycles. The monoisotopic (exact) mass is 391 g/mol. The van der Waals surface area contributed by atoms with Crippen molar-refractivity contribution in [2.75, 3.05) is 46.5 Å². The highest BCUT2D eigenvalue weighted by molar-refractivity contribution is 5.80. The highest BCUT2D eigenvalue weighted by atomic mass is 16.5. The molecule has 0 amide bonds. The van der Waals surface area contributed by atoms with E-state index in [0.717, 1.165) is 56.5 Å². The number of guanidine groups is 1. The van der Waals surface area contributed by atoms with Crippen molar-refractivity contribution in [2.24, 2.45) is 4.99 Å². The molecule has 2 aliphatic rings. The predicted octanol–water partition coefficient (Wildman–Crippen LogP) is 2.31. The van der Waals surface area contributed by atoms with Gasteiger partial charge >= 0.3 is 0 Å². The van der Waals surface area contributed by atoms with Crippen molar-refractivity contribution in [3.8, 4) is 11.5 Å². The van der Waals surface area contributed by atoms with E-state index in [1.165, 1.54) is 0 Å².